The van der Waals surface area contributed by atoms with E-state index in [0.29, 0.717) is 0 Å². The van der Waals surface area contributed by atoms with E-state index in [1.165, 1.54) is 0 Å². The minimum absolute atomic E-state index is 0.0260. The van der Waals surface area contributed by atoms with Gasteiger partial charge in [0.2, 0.25) is 0 Å². The maximum atomic E-state index is 9.06. The molecule has 2 saturated heterocycles. The third-order valence-corrected chi connectivity index (χ3v) is 3.75. The first-order chi connectivity index (χ1) is 6.04. The van der Waals surface area contributed by atoms with E-state index < -0.39 is 0 Å². The van der Waals surface area contributed by atoms with Crippen molar-refractivity contribution >= 4 is 15.9 Å². The molecule has 0 aliphatic carbocycles. The quantitative estimate of drug-likeness (QED) is 0.595. The van der Waals surface area contributed by atoms with Gasteiger partial charge in [0.15, 0.2) is 18.7 Å². The molecule has 2 aliphatic heterocycles. The second kappa shape index (κ2) is 3.17. The summed E-state index contributed by atoms with van der Waals surface area (Å²) in [5, 5.41) is 8.84. The second-order valence-electron chi connectivity index (χ2n) is 4.07. The molecule has 2 heterocycles. The Labute approximate surface area is 85.3 Å². The Hall–Kier alpha value is 0.320. The van der Waals surface area contributed by atoms with E-state index in [1.54, 1.807) is 0 Å². The molecule has 1 N–H and O–H groups in total. The normalized spacial score (nSPS) is 39.2. The number of fused-ring (bicyclic) bond motifs is 1. The highest BCUT2D eigenvalue weighted by Crippen LogP contribution is 2.43. The Morgan fingerprint density at radius 3 is 2.62 bits per heavy atom. The largest absolute Gasteiger partial charge is 0.396 e. The minimum atomic E-state index is -0.316. The van der Waals surface area contributed by atoms with Crippen LogP contribution in [-0.2, 0) is 14.2 Å². The van der Waals surface area contributed by atoms with Crippen LogP contribution in [0.5, 0.6) is 0 Å². The maximum Gasteiger partial charge on any atom is 0.193 e. The fraction of sp³-hybridized carbons (Fsp3) is 1.00. The van der Waals surface area contributed by atoms with Gasteiger partial charge in [-0.15, -0.1) is 0 Å². The lowest BCUT2D eigenvalue weighted by atomic mass is 9.96. The molecule has 0 amide bonds. The topological polar surface area (TPSA) is 51.2 Å². The lowest BCUT2D eigenvalue weighted by Crippen LogP contribution is -2.42. The molecule has 13 heavy (non-hydrogen) atoms. The number of hydrogen-bond donors (Lipinski definition) is 1. The summed E-state index contributed by atoms with van der Waals surface area (Å²) in [7, 11) is 0. The highest BCUT2D eigenvalue weighted by atomic mass is 79.9. The fourth-order valence-corrected chi connectivity index (χ4v) is 1.37. The highest BCUT2D eigenvalue weighted by molar-refractivity contribution is 9.09. The van der Waals surface area contributed by atoms with E-state index in [2.05, 4.69) is 15.9 Å². The van der Waals surface area contributed by atoms with Gasteiger partial charge in [0.25, 0.3) is 0 Å². The molecule has 4 unspecified atom stereocenters. The molecule has 4 atom stereocenters. The molecule has 2 aliphatic rings. The predicted octanol–water partition coefficient (Wildman–Crippen LogP) is 0.824. The first-order valence-electron chi connectivity index (χ1n) is 4.26. The number of epoxide rings is 1. The molecule has 76 valence electrons. The fourth-order valence-electron chi connectivity index (χ4n) is 1.01. The maximum absolute atomic E-state index is 9.06. The summed E-state index contributed by atoms with van der Waals surface area (Å²) < 4.78 is 15.7. The van der Waals surface area contributed by atoms with Crippen molar-refractivity contribution in [1.29, 1.82) is 0 Å². The van der Waals surface area contributed by atoms with E-state index in [0.717, 1.165) is 0 Å². The Morgan fingerprint density at radius 2 is 2.23 bits per heavy atom. The van der Waals surface area contributed by atoms with Crippen molar-refractivity contribution in [1.82, 2.24) is 0 Å². The first kappa shape index (κ1) is 9.86. The van der Waals surface area contributed by atoms with Gasteiger partial charge in [-0.1, -0.05) is 29.8 Å². The zero-order valence-electron chi connectivity index (χ0n) is 7.57. The van der Waals surface area contributed by atoms with E-state index in [9.17, 15) is 0 Å². The lowest BCUT2D eigenvalue weighted by Gasteiger charge is -2.32. The molecule has 0 aromatic heterocycles. The molecule has 0 saturated carbocycles. The Bertz CT molecular complexity index is 208. The summed E-state index contributed by atoms with van der Waals surface area (Å²) >= 11 is 3.36. The molecule has 0 radical (unpaired) electrons. The average Bonchev–Trinajstić information content (AvgIpc) is 2.72. The van der Waals surface area contributed by atoms with Crippen molar-refractivity contribution in [3.05, 3.63) is 0 Å². The van der Waals surface area contributed by atoms with Crippen LogP contribution >= 0.6 is 15.9 Å². The minimum Gasteiger partial charge on any atom is -0.396 e. The Balaban J connectivity index is 1.80. The summed E-state index contributed by atoms with van der Waals surface area (Å²) in [6.07, 6.45) is -0.170. The van der Waals surface area contributed by atoms with Crippen LogP contribution in [0.25, 0.3) is 0 Å². The number of aliphatic hydroxyl groups excluding tert-OH is 1. The zero-order chi connectivity index (χ0) is 9.64. The van der Waals surface area contributed by atoms with Crippen molar-refractivity contribution in [2.75, 3.05) is 6.61 Å². The molecular formula is C8H13BrO4. The van der Waals surface area contributed by atoms with Crippen LogP contribution in [0.4, 0.5) is 0 Å². The van der Waals surface area contributed by atoms with Crippen LogP contribution in [0.2, 0.25) is 0 Å². The second-order valence-corrected chi connectivity index (χ2v) is 4.90. The monoisotopic (exact) mass is 252 g/mol. The molecule has 4 nitrogen and oxygen atoms in total. The van der Waals surface area contributed by atoms with Crippen molar-refractivity contribution in [2.24, 2.45) is 5.41 Å². The third kappa shape index (κ3) is 1.76. The molecular weight excluding hydrogens is 240 g/mol. The van der Waals surface area contributed by atoms with Crippen LogP contribution < -0.4 is 0 Å². The number of rotatable bonds is 4. The van der Waals surface area contributed by atoms with Gasteiger partial charge in [-0.05, 0) is 0 Å². The molecule has 0 spiro atoms. The number of ether oxygens (including phenoxy) is 3. The van der Waals surface area contributed by atoms with Crippen molar-refractivity contribution in [2.45, 2.75) is 37.5 Å². The van der Waals surface area contributed by atoms with E-state index in [1.807, 2.05) is 13.8 Å². The van der Waals surface area contributed by atoms with Crippen molar-refractivity contribution in [3.8, 4) is 0 Å². The van der Waals surface area contributed by atoms with Gasteiger partial charge in [0.05, 0.1) is 6.61 Å². The first-order valence-corrected chi connectivity index (χ1v) is 5.17. The summed E-state index contributed by atoms with van der Waals surface area (Å²) in [4.78, 5) is 0. The van der Waals surface area contributed by atoms with Crippen molar-refractivity contribution < 1.29 is 19.3 Å². The van der Waals surface area contributed by atoms with Crippen LogP contribution in [0, 0.1) is 5.41 Å². The van der Waals surface area contributed by atoms with Crippen LogP contribution in [-0.4, -0.2) is 35.4 Å². The molecule has 5 heteroatoms. The summed E-state index contributed by atoms with van der Waals surface area (Å²) in [5.41, 5.74) is -0.316. The lowest BCUT2D eigenvalue weighted by molar-refractivity contribution is -0.222. The number of hydrogen-bond acceptors (Lipinski definition) is 4. The molecule has 2 fully saturated rings. The van der Waals surface area contributed by atoms with Crippen LogP contribution in [0.15, 0.2) is 0 Å². The Kier molecular flexibility index (Phi) is 2.40. The molecule has 0 bridgehead atoms. The van der Waals surface area contributed by atoms with Gasteiger partial charge >= 0.3 is 0 Å². The summed E-state index contributed by atoms with van der Waals surface area (Å²) in [5.74, 6) is 0. The standard InChI is InChI=1S/C8H13BrO4/c1-8(2,3-10)7(9)13-6-4-5(11-4)12-6/h4-7,10H,3H2,1-2H3. The van der Waals surface area contributed by atoms with Crippen LogP contribution in [0.3, 0.4) is 0 Å². The van der Waals surface area contributed by atoms with Gasteiger partial charge in [0.1, 0.15) is 5.01 Å². The predicted molar refractivity (Wildman–Crippen MR) is 48.2 cm³/mol. The number of halogens is 1. The van der Waals surface area contributed by atoms with E-state index in [4.69, 9.17) is 19.3 Å². The van der Waals surface area contributed by atoms with Gasteiger partial charge < -0.3 is 19.3 Å². The number of aliphatic hydroxyl groups is 1. The van der Waals surface area contributed by atoms with Gasteiger partial charge in [-0.25, -0.2) is 0 Å². The van der Waals surface area contributed by atoms with E-state index >= 15 is 0 Å². The zero-order valence-corrected chi connectivity index (χ0v) is 9.15. The number of alkyl halides is 1. The van der Waals surface area contributed by atoms with Gasteiger partial charge in [-0.2, -0.15) is 0 Å². The molecule has 2 rings (SSSR count). The SMILES string of the molecule is CC(C)(CO)C(Br)OC1OC2OC21. The van der Waals surface area contributed by atoms with Crippen LogP contribution in [0.1, 0.15) is 13.8 Å². The summed E-state index contributed by atoms with van der Waals surface area (Å²) in [6, 6.07) is 0. The highest BCUT2D eigenvalue weighted by Gasteiger charge is 2.60. The van der Waals surface area contributed by atoms with E-state index in [-0.39, 0.29) is 35.7 Å². The third-order valence-electron chi connectivity index (χ3n) is 2.29. The smallest absolute Gasteiger partial charge is 0.193 e. The van der Waals surface area contributed by atoms with Gasteiger partial charge in [0, 0.05) is 5.41 Å². The Morgan fingerprint density at radius 1 is 1.54 bits per heavy atom. The molecule has 0 aromatic carbocycles. The van der Waals surface area contributed by atoms with Gasteiger partial charge in [-0.3, -0.25) is 0 Å². The molecule has 0 aromatic rings. The summed E-state index contributed by atoms with van der Waals surface area (Å²) in [6.45, 7) is 3.89. The van der Waals surface area contributed by atoms with Crippen molar-refractivity contribution in [3.63, 3.8) is 0 Å². The average molecular weight is 253 g/mol.